The van der Waals surface area contributed by atoms with Crippen LogP contribution in [0.3, 0.4) is 0 Å². The number of H-pyrrole nitrogens is 1. The molecule has 2 aliphatic rings. The quantitative estimate of drug-likeness (QED) is 0.406. The summed E-state index contributed by atoms with van der Waals surface area (Å²) in [6.07, 6.45) is 5.58. The van der Waals surface area contributed by atoms with Gasteiger partial charge in [-0.15, -0.1) is 5.10 Å². The van der Waals surface area contributed by atoms with Crippen molar-refractivity contribution in [3.8, 4) is 22.9 Å². The summed E-state index contributed by atoms with van der Waals surface area (Å²) in [4.78, 5) is 6.85. The lowest BCUT2D eigenvalue weighted by atomic mass is 10.1. The minimum Gasteiger partial charge on any atom is -0.476 e. The Labute approximate surface area is 226 Å². The van der Waals surface area contributed by atoms with Crippen molar-refractivity contribution in [1.82, 2.24) is 39.6 Å². The zero-order chi connectivity index (χ0) is 27.3. The summed E-state index contributed by atoms with van der Waals surface area (Å²) >= 11 is 0. The normalized spacial score (nSPS) is 21.1. The van der Waals surface area contributed by atoms with Gasteiger partial charge in [0.1, 0.15) is 6.10 Å². The molecule has 4 aromatic rings. The molecule has 0 aliphatic carbocycles. The van der Waals surface area contributed by atoms with Gasteiger partial charge in [0, 0.05) is 30.7 Å². The van der Waals surface area contributed by atoms with E-state index in [1.54, 1.807) is 4.68 Å². The number of ether oxygens (including phenoxy) is 3. The third kappa shape index (κ3) is 4.38. The van der Waals surface area contributed by atoms with Crippen LogP contribution in [0.5, 0.6) is 11.8 Å². The topological polar surface area (TPSA) is 128 Å². The molecule has 4 aromatic heterocycles. The molecule has 2 aliphatic heterocycles. The average molecular weight is 535 g/mol. The van der Waals surface area contributed by atoms with E-state index >= 15 is 0 Å². The van der Waals surface area contributed by atoms with Gasteiger partial charge in [0.2, 0.25) is 11.8 Å². The molecule has 1 fully saturated rings. The summed E-state index contributed by atoms with van der Waals surface area (Å²) in [5.74, 6) is 1.20. The van der Waals surface area contributed by atoms with E-state index < -0.39 is 0 Å². The Balaban J connectivity index is 1.57. The predicted molar refractivity (Wildman–Crippen MR) is 145 cm³/mol. The van der Waals surface area contributed by atoms with Gasteiger partial charge in [-0.05, 0) is 46.0 Å². The lowest BCUT2D eigenvalue weighted by molar-refractivity contribution is 0.102. The Morgan fingerprint density at radius 3 is 2.87 bits per heavy atom. The van der Waals surface area contributed by atoms with Crippen molar-refractivity contribution < 1.29 is 19.3 Å². The fraction of sp³-hybridized carbons (Fsp3) is 0.481. The largest absolute Gasteiger partial charge is 0.476 e. The van der Waals surface area contributed by atoms with Gasteiger partial charge < -0.3 is 19.3 Å². The Kier molecular flexibility index (Phi) is 6.61. The molecule has 0 saturated carbocycles. The Bertz CT molecular complexity index is 1540. The highest BCUT2D eigenvalue weighted by Crippen LogP contribution is 2.37. The third-order valence-corrected chi connectivity index (χ3v) is 7.52. The summed E-state index contributed by atoms with van der Waals surface area (Å²) < 4.78 is 22.2. The molecule has 206 valence electrons. The Morgan fingerprint density at radius 1 is 1.23 bits per heavy atom. The van der Waals surface area contributed by atoms with E-state index in [2.05, 4.69) is 38.3 Å². The molecule has 39 heavy (non-hydrogen) atoms. The number of pyridine rings is 1. The van der Waals surface area contributed by atoms with Crippen LogP contribution in [-0.4, -0.2) is 90.4 Å². The van der Waals surface area contributed by atoms with E-state index in [0.29, 0.717) is 43.8 Å². The van der Waals surface area contributed by atoms with E-state index in [9.17, 15) is 5.11 Å². The number of likely N-dealkylation sites (N-methyl/N-ethyl adjacent to an activating group) is 1. The number of hydrogen-bond acceptors (Lipinski definition) is 9. The first-order valence-electron chi connectivity index (χ1n) is 13.2. The van der Waals surface area contributed by atoms with E-state index in [-0.39, 0.29) is 24.8 Å². The fourth-order valence-corrected chi connectivity index (χ4v) is 5.47. The van der Waals surface area contributed by atoms with Crippen LogP contribution in [-0.2, 0) is 18.3 Å². The molecule has 0 aromatic carbocycles. The molecule has 1 saturated heterocycles. The lowest BCUT2D eigenvalue weighted by Crippen LogP contribution is -2.43. The van der Waals surface area contributed by atoms with Crippen molar-refractivity contribution in [2.24, 2.45) is 7.05 Å². The highest BCUT2D eigenvalue weighted by atomic mass is 16.6. The number of aromatic nitrogens is 7. The second-order valence-corrected chi connectivity index (χ2v) is 10.2. The second kappa shape index (κ2) is 10.1. The maximum absolute atomic E-state index is 10.0. The number of fused-ring (bicyclic) bond motifs is 5. The van der Waals surface area contributed by atoms with Crippen LogP contribution in [0, 0.1) is 6.92 Å². The van der Waals surface area contributed by atoms with Crippen molar-refractivity contribution in [3.05, 3.63) is 34.9 Å². The van der Waals surface area contributed by atoms with Crippen molar-refractivity contribution in [3.63, 3.8) is 0 Å². The number of nitrogens with one attached hydrogen (secondary N) is 1. The molecule has 0 amide bonds. The number of rotatable bonds is 4. The standard InChI is InChI=1S/C27H34N8O4/c1-6-38-26-18-7-8-20-19-9-17(10-28-25(19)30-29-20)24-16(3)31-34(5)27(24)39-23-14-37-13-22(23)33(4)11-21(18)35(32-26)15(2)12-36/h7-10,15,22-23,36H,6,11-14H2,1-5H3,(H,28,29,30)/b8-7+/t15-,22?,23?/m0/s1. The number of hydrogen-bond donors (Lipinski definition) is 2. The summed E-state index contributed by atoms with van der Waals surface area (Å²) in [6.45, 7) is 7.82. The molecule has 6 rings (SSSR count). The van der Waals surface area contributed by atoms with Crippen LogP contribution < -0.4 is 9.47 Å². The molecule has 2 bridgehead atoms. The van der Waals surface area contributed by atoms with Crippen LogP contribution in [0.25, 0.3) is 34.3 Å². The number of aryl methyl sites for hydroxylation is 2. The maximum Gasteiger partial charge on any atom is 0.240 e. The summed E-state index contributed by atoms with van der Waals surface area (Å²) in [5, 5.41) is 27.9. The third-order valence-electron chi connectivity index (χ3n) is 7.52. The van der Waals surface area contributed by atoms with Gasteiger partial charge in [-0.1, -0.05) is 0 Å². The lowest BCUT2D eigenvalue weighted by Gasteiger charge is -2.29. The van der Waals surface area contributed by atoms with Gasteiger partial charge in [-0.2, -0.15) is 10.2 Å². The predicted octanol–water partition coefficient (Wildman–Crippen LogP) is 2.58. The summed E-state index contributed by atoms with van der Waals surface area (Å²) in [7, 11) is 3.95. The second-order valence-electron chi connectivity index (χ2n) is 10.2. The van der Waals surface area contributed by atoms with Gasteiger partial charge in [0.05, 0.1) is 66.7 Å². The molecule has 6 heterocycles. The first-order chi connectivity index (χ1) is 18.9. The number of nitrogens with zero attached hydrogens (tertiary/aromatic N) is 7. The van der Waals surface area contributed by atoms with Crippen LogP contribution in [0.2, 0.25) is 0 Å². The molecule has 2 unspecified atom stereocenters. The number of aliphatic hydroxyl groups excluding tert-OH is 1. The van der Waals surface area contributed by atoms with Crippen molar-refractivity contribution >= 4 is 23.2 Å². The smallest absolute Gasteiger partial charge is 0.240 e. The summed E-state index contributed by atoms with van der Waals surface area (Å²) in [5.41, 5.74) is 5.87. The van der Waals surface area contributed by atoms with E-state index in [1.807, 2.05) is 50.8 Å². The van der Waals surface area contributed by atoms with Crippen LogP contribution in [0.4, 0.5) is 0 Å². The minimum absolute atomic E-state index is 0.0177. The highest BCUT2D eigenvalue weighted by molar-refractivity contribution is 5.91. The molecular weight excluding hydrogens is 500 g/mol. The SMILES string of the molecule is CCOc1nn([C@@H](C)CO)c2c1/C=C/c1[nH]nc3ncc(cc13)-c1c(C)nn(C)c1OC1COCC1N(C)C2. The van der Waals surface area contributed by atoms with Crippen molar-refractivity contribution in [1.29, 1.82) is 0 Å². The highest BCUT2D eigenvalue weighted by Gasteiger charge is 2.36. The summed E-state index contributed by atoms with van der Waals surface area (Å²) in [6, 6.07) is 1.82. The van der Waals surface area contributed by atoms with Crippen LogP contribution >= 0.6 is 0 Å². The van der Waals surface area contributed by atoms with E-state index in [0.717, 1.165) is 39.2 Å². The van der Waals surface area contributed by atoms with E-state index in [1.165, 1.54) is 0 Å². The zero-order valence-electron chi connectivity index (χ0n) is 22.9. The Morgan fingerprint density at radius 2 is 2.08 bits per heavy atom. The molecule has 12 heteroatoms. The Hall–Kier alpha value is -3.74. The molecule has 3 atom stereocenters. The van der Waals surface area contributed by atoms with Gasteiger partial charge in [-0.25, -0.2) is 9.67 Å². The van der Waals surface area contributed by atoms with E-state index in [4.69, 9.17) is 19.3 Å². The van der Waals surface area contributed by atoms with Crippen LogP contribution in [0.1, 0.15) is 42.5 Å². The monoisotopic (exact) mass is 534 g/mol. The van der Waals surface area contributed by atoms with Gasteiger partial charge in [-0.3, -0.25) is 14.7 Å². The first kappa shape index (κ1) is 25.5. The van der Waals surface area contributed by atoms with Gasteiger partial charge in [0.25, 0.3) is 0 Å². The van der Waals surface area contributed by atoms with Crippen molar-refractivity contribution in [2.75, 3.05) is 33.5 Å². The average Bonchev–Trinajstić information content (AvgIpc) is 3.68. The molecule has 0 spiro atoms. The maximum atomic E-state index is 10.0. The first-order valence-corrected chi connectivity index (χ1v) is 13.2. The number of aromatic amines is 1. The molecule has 0 radical (unpaired) electrons. The van der Waals surface area contributed by atoms with Gasteiger partial charge >= 0.3 is 0 Å². The van der Waals surface area contributed by atoms with Crippen molar-refractivity contribution in [2.45, 2.75) is 45.5 Å². The molecule has 2 N–H and O–H groups in total. The van der Waals surface area contributed by atoms with Gasteiger partial charge in [0.15, 0.2) is 5.65 Å². The molecular formula is C27H34N8O4. The zero-order valence-corrected chi connectivity index (χ0v) is 22.9. The number of aliphatic hydroxyl groups is 1. The minimum atomic E-state index is -0.233. The van der Waals surface area contributed by atoms with Crippen LogP contribution in [0.15, 0.2) is 12.3 Å². The molecule has 12 nitrogen and oxygen atoms in total. The fourth-order valence-electron chi connectivity index (χ4n) is 5.47.